The summed E-state index contributed by atoms with van der Waals surface area (Å²) in [6, 6.07) is 8.07. The van der Waals surface area contributed by atoms with Crippen molar-refractivity contribution in [3.8, 4) is 5.75 Å². The Bertz CT molecular complexity index is 711. The number of rotatable bonds is 5. The van der Waals surface area contributed by atoms with Crippen LogP contribution in [-0.4, -0.2) is 48.7 Å². The lowest BCUT2D eigenvalue weighted by Crippen LogP contribution is -2.51. The van der Waals surface area contributed by atoms with Crippen LogP contribution in [-0.2, 0) is 6.54 Å². The summed E-state index contributed by atoms with van der Waals surface area (Å²) in [5.41, 5.74) is 3.90. The molecule has 1 N–H and O–H groups in total. The van der Waals surface area contributed by atoms with Gasteiger partial charge in [-0.3, -0.25) is 0 Å². The van der Waals surface area contributed by atoms with E-state index in [9.17, 15) is 4.79 Å². The minimum Gasteiger partial charge on any atom is -0.492 e. The summed E-state index contributed by atoms with van der Waals surface area (Å²) in [6.45, 7) is 8.16. The minimum atomic E-state index is -0.00876. The summed E-state index contributed by atoms with van der Waals surface area (Å²) in [5, 5.41) is 3.00. The molecule has 0 atom stereocenters. The van der Waals surface area contributed by atoms with Gasteiger partial charge in [0.15, 0.2) is 0 Å². The maximum absolute atomic E-state index is 12.4. The van der Waals surface area contributed by atoms with Crippen molar-refractivity contribution in [1.82, 2.24) is 15.2 Å². The molecule has 1 aliphatic rings. The predicted molar refractivity (Wildman–Crippen MR) is 100 cm³/mol. The Balaban J connectivity index is 1.53. The van der Waals surface area contributed by atoms with E-state index in [1.165, 1.54) is 0 Å². The third kappa shape index (κ3) is 4.22. The van der Waals surface area contributed by atoms with Crippen molar-refractivity contribution in [2.24, 2.45) is 0 Å². The average molecular weight is 360 g/mol. The quantitative estimate of drug-likeness (QED) is 0.891. The zero-order valence-corrected chi connectivity index (χ0v) is 15.5. The zero-order valence-electron chi connectivity index (χ0n) is 14.7. The van der Waals surface area contributed by atoms with Gasteiger partial charge in [-0.2, -0.15) is 0 Å². The van der Waals surface area contributed by atoms with Gasteiger partial charge in [-0.25, -0.2) is 9.78 Å². The van der Waals surface area contributed by atoms with Crippen LogP contribution in [0.25, 0.3) is 0 Å². The smallest absolute Gasteiger partial charge is 0.317 e. The fourth-order valence-corrected chi connectivity index (χ4v) is 3.63. The van der Waals surface area contributed by atoms with Crippen molar-refractivity contribution in [2.75, 3.05) is 37.7 Å². The van der Waals surface area contributed by atoms with Gasteiger partial charge >= 0.3 is 6.03 Å². The molecule has 0 radical (unpaired) electrons. The number of nitrogens with one attached hydrogen (secondary N) is 1. The normalized spacial score (nSPS) is 14.5. The Morgan fingerprint density at radius 2 is 2.04 bits per heavy atom. The Morgan fingerprint density at radius 1 is 1.28 bits per heavy atom. The van der Waals surface area contributed by atoms with Crippen molar-refractivity contribution < 1.29 is 9.53 Å². The van der Waals surface area contributed by atoms with Gasteiger partial charge in [-0.05, 0) is 26.0 Å². The number of piperazine rings is 1. The van der Waals surface area contributed by atoms with Gasteiger partial charge in [0.25, 0.3) is 0 Å². The van der Waals surface area contributed by atoms with Crippen LogP contribution in [0.3, 0.4) is 0 Å². The molecule has 1 aromatic heterocycles. The molecule has 0 spiro atoms. The van der Waals surface area contributed by atoms with Gasteiger partial charge in [-0.1, -0.05) is 12.1 Å². The molecule has 3 rings (SSSR count). The SMILES string of the molecule is CCOc1ccccc1N1CCN(C(=O)NCc2scnc2C)CC1. The molecule has 6 nitrogen and oxygen atoms in total. The first-order valence-electron chi connectivity index (χ1n) is 8.57. The first kappa shape index (κ1) is 17.5. The molecule has 1 saturated heterocycles. The molecule has 7 heteroatoms. The number of anilines is 1. The Labute approximate surface area is 152 Å². The molecule has 0 unspecified atom stereocenters. The molecule has 1 aromatic carbocycles. The molecule has 2 aromatic rings. The van der Waals surface area contributed by atoms with Crippen molar-refractivity contribution in [3.63, 3.8) is 0 Å². The van der Waals surface area contributed by atoms with Crippen LogP contribution in [0.1, 0.15) is 17.5 Å². The molecule has 25 heavy (non-hydrogen) atoms. The van der Waals surface area contributed by atoms with E-state index < -0.39 is 0 Å². The fourth-order valence-electron chi connectivity index (χ4n) is 2.91. The summed E-state index contributed by atoms with van der Waals surface area (Å²) >= 11 is 1.58. The molecule has 1 fully saturated rings. The van der Waals surface area contributed by atoms with Gasteiger partial charge < -0.3 is 19.9 Å². The zero-order chi connectivity index (χ0) is 17.6. The number of aromatic nitrogens is 1. The second kappa shape index (κ2) is 8.20. The van der Waals surface area contributed by atoms with E-state index in [1.807, 2.05) is 42.5 Å². The number of hydrogen-bond acceptors (Lipinski definition) is 5. The number of urea groups is 1. The summed E-state index contributed by atoms with van der Waals surface area (Å²) in [6.07, 6.45) is 0. The number of hydrogen-bond donors (Lipinski definition) is 1. The topological polar surface area (TPSA) is 57.7 Å². The summed E-state index contributed by atoms with van der Waals surface area (Å²) < 4.78 is 5.72. The lowest BCUT2D eigenvalue weighted by atomic mass is 10.2. The molecule has 0 aliphatic carbocycles. The third-order valence-electron chi connectivity index (χ3n) is 4.32. The summed E-state index contributed by atoms with van der Waals surface area (Å²) in [4.78, 5) is 21.8. The number of thiazole rings is 1. The van der Waals surface area contributed by atoms with Crippen molar-refractivity contribution in [2.45, 2.75) is 20.4 Å². The highest BCUT2D eigenvalue weighted by Gasteiger charge is 2.22. The Kier molecular flexibility index (Phi) is 5.75. The first-order chi connectivity index (χ1) is 12.2. The molecule has 1 aliphatic heterocycles. The fraction of sp³-hybridized carbons (Fsp3) is 0.444. The number of benzene rings is 1. The van der Waals surface area contributed by atoms with Gasteiger partial charge in [0.1, 0.15) is 5.75 Å². The Hall–Kier alpha value is -2.28. The van der Waals surface area contributed by atoms with E-state index in [4.69, 9.17) is 4.74 Å². The first-order valence-corrected chi connectivity index (χ1v) is 9.45. The van der Waals surface area contributed by atoms with Gasteiger partial charge in [0, 0.05) is 31.1 Å². The number of para-hydroxylation sites is 2. The van der Waals surface area contributed by atoms with E-state index in [2.05, 4.69) is 21.3 Å². The van der Waals surface area contributed by atoms with Crippen LogP contribution in [0.4, 0.5) is 10.5 Å². The molecule has 134 valence electrons. The largest absolute Gasteiger partial charge is 0.492 e. The van der Waals surface area contributed by atoms with Crippen LogP contribution in [0.5, 0.6) is 5.75 Å². The van der Waals surface area contributed by atoms with Gasteiger partial charge in [0.2, 0.25) is 0 Å². The molecule has 2 heterocycles. The van der Waals surface area contributed by atoms with Crippen LogP contribution in [0.15, 0.2) is 29.8 Å². The predicted octanol–water partition coefficient (Wildman–Crippen LogP) is 2.88. The number of aryl methyl sites for hydroxylation is 1. The summed E-state index contributed by atoms with van der Waals surface area (Å²) in [7, 11) is 0. The standard InChI is InChI=1S/C18H24N4O2S/c1-3-24-16-7-5-4-6-15(16)21-8-10-22(11-9-21)18(23)19-12-17-14(2)20-13-25-17/h4-7,13H,3,8-12H2,1-2H3,(H,19,23). The van der Waals surface area contributed by atoms with E-state index in [-0.39, 0.29) is 6.03 Å². The second-order valence-electron chi connectivity index (χ2n) is 5.89. The number of carbonyl (C=O) groups excluding carboxylic acids is 1. The van der Waals surface area contributed by atoms with Gasteiger partial charge in [0.05, 0.1) is 30.0 Å². The monoisotopic (exact) mass is 360 g/mol. The molecular formula is C18H24N4O2S. The number of ether oxygens (including phenoxy) is 1. The van der Waals surface area contributed by atoms with E-state index in [1.54, 1.807) is 11.3 Å². The highest BCUT2D eigenvalue weighted by Crippen LogP contribution is 2.28. The lowest BCUT2D eigenvalue weighted by molar-refractivity contribution is 0.194. The van der Waals surface area contributed by atoms with E-state index in [0.29, 0.717) is 26.2 Å². The van der Waals surface area contributed by atoms with Crippen molar-refractivity contribution >= 4 is 23.1 Å². The van der Waals surface area contributed by atoms with Crippen molar-refractivity contribution in [3.05, 3.63) is 40.3 Å². The molecular weight excluding hydrogens is 336 g/mol. The Morgan fingerprint density at radius 3 is 2.72 bits per heavy atom. The number of carbonyl (C=O) groups is 1. The number of nitrogens with zero attached hydrogens (tertiary/aromatic N) is 3. The average Bonchev–Trinajstić information content (AvgIpc) is 3.05. The summed E-state index contributed by atoms with van der Waals surface area (Å²) in [5.74, 6) is 0.906. The van der Waals surface area contributed by atoms with Crippen LogP contribution >= 0.6 is 11.3 Å². The molecule has 0 saturated carbocycles. The van der Waals surface area contributed by atoms with Crippen LogP contribution < -0.4 is 15.0 Å². The maximum Gasteiger partial charge on any atom is 0.317 e. The highest BCUT2D eigenvalue weighted by molar-refractivity contribution is 7.09. The molecule has 0 bridgehead atoms. The molecule has 2 amide bonds. The second-order valence-corrected chi connectivity index (χ2v) is 6.83. The van der Waals surface area contributed by atoms with Crippen LogP contribution in [0, 0.1) is 6.92 Å². The maximum atomic E-state index is 12.4. The minimum absolute atomic E-state index is 0.00876. The highest BCUT2D eigenvalue weighted by atomic mass is 32.1. The van der Waals surface area contributed by atoms with E-state index in [0.717, 1.165) is 35.1 Å². The third-order valence-corrected chi connectivity index (χ3v) is 5.25. The lowest BCUT2D eigenvalue weighted by Gasteiger charge is -2.36. The van der Waals surface area contributed by atoms with Crippen molar-refractivity contribution in [1.29, 1.82) is 0 Å². The van der Waals surface area contributed by atoms with Crippen LogP contribution in [0.2, 0.25) is 0 Å². The van der Waals surface area contributed by atoms with Gasteiger partial charge in [-0.15, -0.1) is 11.3 Å². The number of amides is 2. The van der Waals surface area contributed by atoms with E-state index >= 15 is 0 Å².